The van der Waals surface area contributed by atoms with E-state index in [0.29, 0.717) is 23.4 Å². The summed E-state index contributed by atoms with van der Waals surface area (Å²) in [5.74, 6) is -0.470. The standard InChI is InChI=1S/C10H11N3O3/c1-3-16-9(14)7-5-11-13-8(7)4-6(2)12-10(13)15/h4-5H,3H2,1-2H3,(H,12,15). The molecule has 0 amide bonds. The van der Waals surface area contributed by atoms with Crippen LogP contribution in [0.15, 0.2) is 17.1 Å². The SMILES string of the molecule is CCOC(=O)c1cnn2c(=O)[nH]c(C)cc12. The minimum Gasteiger partial charge on any atom is -0.462 e. The number of aromatic amines is 1. The number of rotatable bonds is 2. The fourth-order valence-electron chi connectivity index (χ4n) is 1.49. The number of hydrogen-bond acceptors (Lipinski definition) is 4. The fourth-order valence-corrected chi connectivity index (χ4v) is 1.49. The van der Waals surface area contributed by atoms with Gasteiger partial charge in [-0.15, -0.1) is 0 Å². The molecule has 0 bridgehead atoms. The van der Waals surface area contributed by atoms with Crippen LogP contribution in [-0.2, 0) is 4.74 Å². The molecule has 2 aromatic heterocycles. The Labute approximate surface area is 90.9 Å². The summed E-state index contributed by atoms with van der Waals surface area (Å²) in [7, 11) is 0. The third-order valence-electron chi connectivity index (χ3n) is 2.15. The number of aryl methyl sites for hydroxylation is 1. The number of nitrogens with zero attached hydrogens (tertiary/aromatic N) is 2. The molecular formula is C10H11N3O3. The van der Waals surface area contributed by atoms with Crippen LogP contribution in [-0.4, -0.2) is 27.2 Å². The summed E-state index contributed by atoms with van der Waals surface area (Å²) in [4.78, 5) is 25.6. The number of fused-ring (bicyclic) bond motifs is 1. The molecule has 0 unspecified atom stereocenters. The van der Waals surface area contributed by atoms with Crippen molar-refractivity contribution in [2.24, 2.45) is 0 Å². The lowest BCUT2D eigenvalue weighted by molar-refractivity contribution is 0.0528. The predicted molar refractivity (Wildman–Crippen MR) is 56.5 cm³/mol. The molecule has 6 nitrogen and oxygen atoms in total. The quantitative estimate of drug-likeness (QED) is 0.749. The van der Waals surface area contributed by atoms with Crippen LogP contribution in [0.2, 0.25) is 0 Å². The number of carbonyl (C=O) groups is 1. The summed E-state index contributed by atoms with van der Waals surface area (Å²) in [6.07, 6.45) is 1.34. The Hall–Kier alpha value is -2.11. The molecular weight excluding hydrogens is 210 g/mol. The highest BCUT2D eigenvalue weighted by Crippen LogP contribution is 2.10. The highest BCUT2D eigenvalue weighted by molar-refractivity contribution is 5.96. The van der Waals surface area contributed by atoms with Crippen LogP contribution in [0, 0.1) is 6.92 Å². The molecule has 0 fully saturated rings. The minimum absolute atomic E-state index is 0.290. The van der Waals surface area contributed by atoms with Gasteiger partial charge in [0.1, 0.15) is 5.56 Å². The van der Waals surface area contributed by atoms with Crippen LogP contribution in [0.25, 0.3) is 5.52 Å². The molecule has 0 saturated carbocycles. The van der Waals surface area contributed by atoms with Gasteiger partial charge in [-0.25, -0.2) is 9.59 Å². The normalized spacial score (nSPS) is 10.6. The van der Waals surface area contributed by atoms with E-state index in [2.05, 4.69) is 10.1 Å². The van der Waals surface area contributed by atoms with Gasteiger partial charge >= 0.3 is 11.7 Å². The molecule has 84 valence electrons. The van der Waals surface area contributed by atoms with Crippen molar-refractivity contribution < 1.29 is 9.53 Å². The lowest BCUT2D eigenvalue weighted by Gasteiger charge is -1.99. The van der Waals surface area contributed by atoms with Crippen LogP contribution in [0.5, 0.6) is 0 Å². The van der Waals surface area contributed by atoms with E-state index in [1.54, 1.807) is 19.9 Å². The van der Waals surface area contributed by atoms with E-state index >= 15 is 0 Å². The second-order valence-electron chi connectivity index (χ2n) is 3.33. The molecule has 0 radical (unpaired) electrons. The van der Waals surface area contributed by atoms with Gasteiger partial charge in [-0.2, -0.15) is 9.61 Å². The number of esters is 1. The van der Waals surface area contributed by atoms with E-state index in [1.165, 1.54) is 6.20 Å². The number of hydrogen-bond donors (Lipinski definition) is 1. The van der Waals surface area contributed by atoms with Gasteiger partial charge in [0.2, 0.25) is 0 Å². The van der Waals surface area contributed by atoms with E-state index in [1.807, 2.05) is 0 Å². The van der Waals surface area contributed by atoms with E-state index in [0.717, 1.165) is 4.52 Å². The van der Waals surface area contributed by atoms with Gasteiger partial charge in [0.15, 0.2) is 0 Å². The average molecular weight is 221 g/mol. The van der Waals surface area contributed by atoms with E-state index in [9.17, 15) is 9.59 Å². The van der Waals surface area contributed by atoms with Gasteiger partial charge in [0, 0.05) is 5.69 Å². The summed E-state index contributed by atoms with van der Waals surface area (Å²) in [5, 5.41) is 3.83. The van der Waals surface area contributed by atoms with Crippen molar-refractivity contribution >= 4 is 11.5 Å². The molecule has 16 heavy (non-hydrogen) atoms. The third kappa shape index (κ3) is 1.58. The van der Waals surface area contributed by atoms with Crippen LogP contribution < -0.4 is 5.69 Å². The highest BCUT2D eigenvalue weighted by atomic mass is 16.5. The second-order valence-corrected chi connectivity index (χ2v) is 3.33. The van der Waals surface area contributed by atoms with Crippen molar-refractivity contribution in [1.29, 1.82) is 0 Å². The Morgan fingerprint density at radius 3 is 3.06 bits per heavy atom. The maximum atomic E-state index is 11.6. The first-order valence-corrected chi connectivity index (χ1v) is 4.88. The minimum atomic E-state index is -0.470. The Morgan fingerprint density at radius 1 is 1.62 bits per heavy atom. The van der Waals surface area contributed by atoms with E-state index < -0.39 is 5.97 Å². The lowest BCUT2D eigenvalue weighted by Crippen LogP contribution is -2.18. The monoisotopic (exact) mass is 221 g/mol. The topological polar surface area (TPSA) is 76.5 Å². The summed E-state index contributed by atoms with van der Waals surface area (Å²) in [5.41, 5.74) is 1.06. The molecule has 0 aliphatic heterocycles. The Balaban J connectivity index is 2.64. The summed E-state index contributed by atoms with van der Waals surface area (Å²) < 4.78 is 6.01. The van der Waals surface area contributed by atoms with E-state index in [-0.39, 0.29) is 5.69 Å². The average Bonchev–Trinajstić information content (AvgIpc) is 2.61. The van der Waals surface area contributed by atoms with Crippen molar-refractivity contribution in [2.45, 2.75) is 13.8 Å². The molecule has 0 aliphatic carbocycles. The first-order valence-electron chi connectivity index (χ1n) is 4.88. The van der Waals surface area contributed by atoms with Crippen LogP contribution in [0.1, 0.15) is 23.0 Å². The number of aromatic nitrogens is 3. The Bertz CT molecular complexity index is 597. The van der Waals surface area contributed by atoms with Crippen LogP contribution >= 0.6 is 0 Å². The molecule has 2 aromatic rings. The van der Waals surface area contributed by atoms with E-state index in [4.69, 9.17) is 4.74 Å². The zero-order chi connectivity index (χ0) is 11.7. The molecule has 0 spiro atoms. The van der Waals surface area contributed by atoms with Crippen LogP contribution in [0.4, 0.5) is 0 Å². The molecule has 6 heteroatoms. The van der Waals surface area contributed by atoms with Crippen molar-refractivity contribution in [3.8, 4) is 0 Å². The number of nitrogens with one attached hydrogen (secondary N) is 1. The van der Waals surface area contributed by atoms with Crippen molar-refractivity contribution in [2.75, 3.05) is 6.61 Å². The second kappa shape index (κ2) is 3.80. The van der Waals surface area contributed by atoms with Crippen LogP contribution in [0.3, 0.4) is 0 Å². The molecule has 0 atom stereocenters. The summed E-state index contributed by atoms with van der Waals surface area (Å²) in [6, 6.07) is 1.68. The molecule has 2 heterocycles. The molecule has 0 aromatic carbocycles. The zero-order valence-electron chi connectivity index (χ0n) is 8.98. The zero-order valence-corrected chi connectivity index (χ0v) is 8.98. The van der Waals surface area contributed by atoms with Crippen molar-refractivity contribution in [1.82, 2.24) is 14.6 Å². The van der Waals surface area contributed by atoms with Gasteiger partial charge < -0.3 is 9.72 Å². The summed E-state index contributed by atoms with van der Waals surface area (Å²) in [6.45, 7) is 3.75. The Kier molecular flexibility index (Phi) is 2.47. The molecule has 0 saturated heterocycles. The number of carbonyl (C=O) groups excluding carboxylic acids is 1. The van der Waals surface area contributed by atoms with Gasteiger partial charge in [0.25, 0.3) is 0 Å². The first kappa shape index (κ1) is 10.4. The largest absolute Gasteiger partial charge is 0.462 e. The maximum absolute atomic E-state index is 11.6. The highest BCUT2D eigenvalue weighted by Gasteiger charge is 2.15. The summed E-state index contributed by atoms with van der Waals surface area (Å²) >= 11 is 0. The number of H-pyrrole nitrogens is 1. The smallest absolute Gasteiger partial charge is 0.346 e. The fraction of sp³-hybridized carbons (Fsp3) is 0.300. The van der Waals surface area contributed by atoms with Crippen molar-refractivity contribution in [3.05, 3.63) is 34.0 Å². The lowest BCUT2D eigenvalue weighted by atomic mass is 10.2. The third-order valence-corrected chi connectivity index (χ3v) is 2.15. The Morgan fingerprint density at radius 2 is 2.38 bits per heavy atom. The van der Waals surface area contributed by atoms with Gasteiger partial charge in [-0.3, -0.25) is 0 Å². The van der Waals surface area contributed by atoms with Gasteiger partial charge in [-0.1, -0.05) is 0 Å². The van der Waals surface area contributed by atoms with Gasteiger partial charge in [0.05, 0.1) is 18.3 Å². The molecule has 0 aliphatic rings. The molecule has 2 rings (SSSR count). The van der Waals surface area contributed by atoms with Gasteiger partial charge in [-0.05, 0) is 19.9 Å². The number of ether oxygens (including phenoxy) is 1. The van der Waals surface area contributed by atoms with Crippen molar-refractivity contribution in [3.63, 3.8) is 0 Å². The molecule has 1 N–H and O–H groups in total. The first-order chi connectivity index (χ1) is 7.63. The maximum Gasteiger partial charge on any atom is 0.346 e. The predicted octanol–water partition coefficient (Wildman–Crippen LogP) is 0.508.